The van der Waals surface area contributed by atoms with Crippen LogP contribution in [0.5, 0.6) is 5.88 Å². The number of alkyl carbamates (subject to hydrolysis) is 1. The predicted molar refractivity (Wildman–Crippen MR) is 161 cm³/mol. The number of nitrogens with one attached hydrogen (secondary N) is 2. The number of carbonyl (C=O) groups excluding carboxylic acids is 3. The van der Waals surface area contributed by atoms with Crippen LogP contribution >= 0.6 is 0 Å². The van der Waals surface area contributed by atoms with E-state index < -0.39 is 77.9 Å². The fraction of sp³-hybridized carbons (Fsp3) is 0.625. The lowest BCUT2D eigenvalue weighted by atomic mass is 10.0. The van der Waals surface area contributed by atoms with E-state index in [1.165, 1.54) is 4.90 Å². The van der Waals surface area contributed by atoms with Crippen molar-refractivity contribution in [2.45, 2.75) is 114 Å². The summed E-state index contributed by atoms with van der Waals surface area (Å²) in [6, 6.07) is 4.91. The molecule has 1 aromatic carbocycles. The third-order valence-corrected chi connectivity index (χ3v) is 8.73. The van der Waals surface area contributed by atoms with E-state index in [2.05, 4.69) is 20.6 Å². The minimum atomic E-state index is -3.12. The second-order valence-electron chi connectivity index (χ2n) is 13.6. The first-order valence-electron chi connectivity index (χ1n) is 15.7. The Balaban J connectivity index is 1.45. The van der Waals surface area contributed by atoms with Crippen molar-refractivity contribution in [2.75, 3.05) is 6.54 Å². The molecule has 250 valence electrons. The average Bonchev–Trinajstić information content (AvgIpc) is 3.45. The maximum atomic E-state index is 14.9. The Kier molecular flexibility index (Phi) is 9.11. The van der Waals surface area contributed by atoms with Crippen molar-refractivity contribution in [1.29, 1.82) is 0 Å². The molecule has 5 unspecified atom stereocenters. The molecule has 1 aromatic heterocycles. The van der Waals surface area contributed by atoms with Crippen LogP contribution < -0.4 is 15.4 Å². The van der Waals surface area contributed by atoms with Crippen LogP contribution in [0.25, 0.3) is 11.0 Å². The molecule has 3 heterocycles. The largest absolute Gasteiger partial charge is 0.479 e. The highest BCUT2D eigenvalue weighted by Gasteiger charge is 2.64. The zero-order valence-electron chi connectivity index (χ0n) is 26.5. The van der Waals surface area contributed by atoms with Crippen molar-refractivity contribution in [3.05, 3.63) is 30.0 Å². The van der Waals surface area contributed by atoms with E-state index in [0.717, 1.165) is 0 Å². The average molecular weight is 646 g/mol. The number of aliphatic carboxylic acids is 1. The summed E-state index contributed by atoms with van der Waals surface area (Å²) >= 11 is 0. The minimum Gasteiger partial charge on any atom is -0.479 e. The topological polar surface area (TPSA) is 160 Å². The summed E-state index contributed by atoms with van der Waals surface area (Å²) in [4.78, 5) is 63.4. The molecular formula is C32H41F2N5O7. The van der Waals surface area contributed by atoms with Crippen LogP contribution in [-0.2, 0) is 19.1 Å². The second kappa shape index (κ2) is 12.6. The molecule has 3 aliphatic rings. The Labute approximate surface area is 265 Å². The molecule has 46 heavy (non-hydrogen) atoms. The highest BCUT2D eigenvalue weighted by molar-refractivity contribution is 5.96. The van der Waals surface area contributed by atoms with Gasteiger partial charge in [0, 0.05) is 25.2 Å². The van der Waals surface area contributed by atoms with Crippen molar-refractivity contribution >= 4 is 34.9 Å². The smallest absolute Gasteiger partial charge is 0.408 e. The molecule has 5 atom stereocenters. The van der Waals surface area contributed by atoms with E-state index in [0.29, 0.717) is 29.6 Å². The Morgan fingerprint density at radius 1 is 1.09 bits per heavy atom. The zero-order chi connectivity index (χ0) is 33.4. The van der Waals surface area contributed by atoms with Gasteiger partial charge >= 0.3 is 12.1 Å². The number of hydrogen-bond donors (Lipinski definition) is 3. The maximum absolute atomic E-state index is 14.9. The van der Waals surface area contributed by atoms with Crippen molar-refractivity contribution in [3.63, 3.8) is 0 Å². The first kappa shape index (κ1) is 33.3. The molecule has 3 N–H and O–H groups in total. The van der Waals surface area contributed by atoms with Crippen molar-refractivity contribution in [1.82, 2.24) is 25.5 Å². The highest BCUT2D eigenvalue weighted by Crippen LogP contribution is 2.50. The van der Waals surface area contributed by atoms with Crippen LogP contribution in [0.1, 0.15) is 77.8 Å². The van der Waals surface area contributed by atoms with E-state index in [-0.39, 0.29) is 38.1 Å². The molecule has 5 rings (SSSR count). The van der Waals surface area contributed by atoms with Gasteiger partial charge in [-0.05, 0) is 59.1 Å². The number of aryl methyl sites for hydroxylation is 1. The van der Waals surface area contributed by atoms with Crippen molar-refractivity contribution in [3.8, 4) is 5.88 Å². The number of rotatable bonds is 4. The summed E-state index contributed by atoms with van der Waals surface area (Å²) in [5, 5.41) is 15.1. The molecule has 1 saturated carbocycles. The van der Waals surface area contributed by atoms with E-state index in [9.17, 15) is 33.1 Å². The van der Waals surface area contributed by atoms with Crippen LogP contribution in [0, 0.1) is 12.8 Å². The molecule has 2 aliphatic heterocycles. The fourth-order valence-electron chi connectivity index (χ4n) is 6.34. The number of ether oxygens (including phenoxy) is 2. The monoisotopic (exact) mass is 645 g/mol. The second-order valence-corrected chi connectivity index (χ2v) is 13.6. The van der Waals surface area contributed by atoms with Crippen LogP contribution in [0.4, 0.5) is 13.6 Å². The first-order chi connectivity index (χ1) is 21.6. The van der Waals surface area contributed by atoms with Crippen LogP contribution in [-0.4, -0.2) is 85.6 Å². The molecule has 0 spiro atoms. The summed E-state index contributed by atoms with van der Waals surface area (Å²) in [6.45, 7) is 6.68. The quantitative estimate of drug-likeness (QED) is 0.444. The number of nitrogens with zero attached hydrogens (tertiary/aromatic N) is 3. The Hall–Kier alpha value is -4.10. The van der Waals surface area contributed by atoms with E-state index >= 15 is 0 Å². The number of carboxylic acid groups (broad SMARTS) is 1. The van der Waals surface area contributed by atoms with Gasteiger partial charge in [0.05, 0.1) is 17.6 Å². The molecule has 3 fully saturated rings. The number of fused-ring (bicyclic) bond motifs is 3. The Morgan fingerprint density at radius 3 is 2.46 bits per heavy atom. The summed E-state index contributed by atoms with van der Waals surface area (Å²) in [5.41, 5.74) is -0.955. The summed E-state index contributed by atoms with van der Waals surface area (Å²) in [7, 11) is 0. The molecule has 0 bridgehead atoms. The van der Waals surface area contributed by atoms with Gasteiger partial charge < -0.3 is 30.1 Å². The van der Waals surface area contributed by atoms with Gasteiger partial charge in [0.1, 0.15) is 35.0 Å². The number of para-hydroxylation sites is 2. The maximum Gasteiger partial charge on any atom is 0.408 e. The third-order valence-electron chi connectivity index (χ3n) is 8.73. The van der Waals surface area contributed by atoms with Gasteiger partial charge in [-0.1, -0.05) is 25.0 Å². The minimum absolute atomic E-state index is 0.0266. The van der Waals surface area contributed by atoms with E-state index in [1.54, 1.807) is 33.8 Å². The standard InChI is InChI=1S/C32H41F2N5O7/c1-18-26(36-22-11-8-7-10-21(22)35-18)45-20-14-24-25(40)38-32(28(42)43)16-19(32)15-31(33,34)13-9-5-6-12-23(27(41)39(24)17-20)37-29(44)46-30(2,3)4/h7-8,10-11,19-20,23-24H,5-6,9,12-17H2,1-4H3,(H,37,44)(H,38,40)(H,42,43). The molecule has 3 amide bonds. The van der Waals surface area contributed by atoms with Gasteiger partial charge in [-0.15, -0.1) is 0 Å². The van der Waals surface area contributed by atoms with Gasteiger partial charge in [0.15, 0.2) is 0 Å². The summed E-state index contributed by atoms with van der Waals surface area (Å²) < 4.78 is 41.3. The molecule has 14 heteroatoms. The molecule has 2 aromatic rings. The van der Waals surface area contributed by atoms with Gasteiger partial charge in [-0.3, -0.25) is 9.59 Å². The number of hydrogen-bond acceptors (Lipinski definition) is 8. The lowest BCUT2D eigenvalue weighted by molar-refractivity contribution is -0.146. The molecule has 0 radical (unpaired) electrons. The molecule has 1 aliphatic carbocycles. The summed E-state index contributed by atoms with van der Waals surface area (Å²) in [5.74, 6) is -6.64. The number of halogens is 2. The Morgan fingerprint density at radius 2 is 1.78 bits per heavy atom. The van der Waals surface area contributed by atoms with Crippen LogP contribution in [0.15, 0.2) is 24.3 Å². The van der Waals surface area contributed by atoms with Crippen molar-refractivity contribution < 1.29 is 42.5 Å². The van der Waals surface area contributed by atoms with Gasteiger partial charge in [0.25, 0.3) is 0 Å². The van der Waals surface area contributed by atoms with Crippen molar-refractivity contribution in [2.24, 2.45) is 5.92 Å². The zero-order valence-corrected chi connectivity index (χ0v) is 26.5. The number of amides is 3. The molecule has 2 saturated heterocycles. The number of benzene rings is 1. The number of alkyl halides is 2. The molecular weight excluding hydrogens is 604 g/mol. The SMILES string of the molecule is Cc1nc2ccccc2nc1OC1CC2C(=O)NC3(C(=O)O)CC3CC(F)(F)CCCCCC(NC(=O)OC(C)(C)C)C(=O)N2C1. The van der Waals surface area contributed by atoms with Gasteiger partial charge in [-0.25, -0.2) is 28.3 Å². The van der Waals surface area contributed by atoms with Crippen LogP contribution in [0.3, 0.4) is 0 Å². The van der Waals surface area contributed by atoms with Crippen LogP contribution in [0.2, 0.25) is 0 Å². The van der Waals surface area contributed by atoms with Gasteiger partial charge in [-0.2, -0.15) is 0 Å². The highest BCUT2D eigenvalue weighted by atomic mass is 19.3. The molecule has 12 nitrogen and oxygen atoms in total. The van der Waals surface area contributed by atoms with E-state index in [4.69, 9.17) is 9.47 Å². The lowest BCUT2D eigenvalue weighted by Crippen LogP contribution is -2.56. The lowest BCUT2D eigenvalue weighted by Gasteiger charge is -2.30. The normalized spacial score (nSPS) is 28.6. The fourth-order valence-corrected chi connectivity index (χ4v) is 6.34. The Bertz CT molecular complexity index is 1520. The predicted octanol–water partition coefficient (Wildman–Crippen LogP) is 4.13. The van der Waals surface area contributed by atoms with Gasteiger partial charge in [0.2, 0.25) is 23.6 Å². The number of carbonyl (C=O) groups is 4. The third kappa shape index (κ3) is 7.47. The number of carboxylic acids is 1. The number of aromatic nitrogens is 2. The van der Waals surface area contributed by atoms with E-state index in [1.807, 2.05) is 18.2 Å². The first-order valence-corrected chi connectivity index (χ1v) is 15.7. The summed E-state index contributed by atoms with van der Waals surface area (Å²) in [6.07, 6.45) is -1.88.